The maximum Gasteiger partial charge on any atom is 0.318 e. The summed E-state index contributed by atoms with van der Waals surface area (Å²) >= 11 is 1.69. The molecule has 5 nitrogen and oxygen atoms in total. The number of methoxy groups -OCH3 is 1. The number of nitrogens with zero attached hydrogens (tertiary/aromatic N) is 1. The molecule has 1 fully saturated rings. The fourth-order valence-electron chi connectivity index (χ4n) is 3.11. The zero-order valence-electron chi connectivity index (χ0n) is 14.2. The summed E-state index contributed by atoms with van der Waals surface area (Å²) in [5.41, 5.74) is 1.27. The molecule has 0 saturated carbocycles. The molecule has 1 aliphatic heterocycles. The molecule has 2 aromatic rings. The molecule has 2 aromatic heterocycles. The Kier molecular flexibility index (Phi) is 5.58. The molecule has 1 saturated heterocycles. The van der Waals surface area contributed by atoms with Crippen molar-refractivity contribution in [3.05, 3.63) is 46.0 Å². The van der Waals surface area contributed by atoms with Gasteiger partial charge < -0.3 is 19.4 Å². The van der Waals surface area contributed by atoms with Crippen molar-refractivity contribution in [2.45, 2.75) is 38.3 Å². The van der Waals surface area contributed by atoms with E-state index in [-0.39, 0.29) is 12.1 Å². The Morgan fingerprint density at radius 3 is 3.12 bits per heavy atom. The van der Waals surface area contributed by atoms with E-state index in [4.69, 9.17) is 9.15 Å². The maximum atomic E-state index is 12.6. The highest BCUT2D eigenvalue weighted by molar-refractivity contribution is 7.07. The van der Waals surface area contributed by atoms with Crippen LogP contribution in [-0.4, -0.2) is 31.1 Å². The van der Waals surface area contributed by atoms with Crippen molar-refractivity contribution in [1.82, 2.24) is 10.2 Å². The Morgan fingerprint density at radius 2 is 2.38 bits per heavy atom. The summed E-state index contributed by atoms with van der Waals surface area (Å²) in [4.78, 5) is 14.5. The van der Waals surface area contributed by atoms with Gasteiger partial charge in [0.2, 0.25) is 0 Å². The molecule has 24 heavy (non-hydrogen) atoms. The zero-order valence-corrected chi connectivity index (χ0v) is 15.0. The Balaban J connectivity index is 1.58. The number of amides is 2. The largest absolute Gasteiger partial charge is 0.461 e. The van der Waals surface area contributed by atoms with Crippen LogP contribution in [0.15, 0.2) is 33.4 Å². The second-order valence-electron chi connectivity index (χ2n) is 6.23. The predicted octanol–water partition coefficient (Wildman–Crippen LogP) is 4.14. The molecular formula is C18H24N2O3S. The second-order valence-corrected chi connectivity index (χ2v) is 7.01. The summed E-state index contributed by atoms with van der Waals surface area (Å²) in [5, 5.41) is 7.27. The molecule has 0 radical (unpaired) electrons. The fourth-order valence-corrected chi connectivity index (χ4v) is 3.90. The molecule has 2 amide bonds. The van der Waals surface area contributed by atoms with Crippen molar-refractivity contribution < 1.29 is 13.9 Å². The number of thiophene rings is 1. The molecule has 3 rings (SSSR count). The van der Waals surface area contributed by atoms with E-state index in [1.165, 1.54) is 5.56 Å². The number of hydrogen-bond acceptors (Lipinski definition) is 4. The molecule has 0 aromatic carbocycles. The van der Waals surface area contributed by atoms with Gasteiger partial charge >= 0.3 is 6.03 Å². The standard InChI is InChI=1S/C18H24N2O3S/c1-13(14-7-9-24-12-14)10-19-18(21)20-8-3-4-16(20)17-6-5-15(23-17)11-22-2/h5-7,9,12-13,16H,3-4,8,10-11H2,1-2H3,(H,19,21)/t13-,16-/m0/s1. The van der Waals surface area contributed by atoms with Crippen LogP contribution in [0.2, 0.25) is 0 Å². The van der Waals surface area contributed by atoms with Crippen LogP contribution in [-0.2, 0) is 11.3 Å². The van der Waals surface area contributed by atoms with Gasteiger partial charge in [0.1, 0.15) is 18.1 Å². The highest BCUT2D eigenvalue weighted by Crippen LogP contribution is 2.33. The van der Waals surface area contributed by atoms with E-state index in [9.17, 15) is 4.79 Å². The lowest BCUT2D eigenvalue weighted by Gasteiger charge is -2.24. The number of ether oxygens (including phenoxy) is 1. The lowest BCUT2D eigenvalue weighted by atomic mass is 10.1. The van der Waals surface area contributed by atoms with Gasteiger partial charge in [0, 0.05) is 20.2 Å². The first kappa shape index (κ1) is 17.0. The normalized spacial score (nSPS) is 18.8. The first-order valence-corrected chi connectivity index (χ1v) is 9.27. The number of furan rings is 1. The van der Waals surface area contributed by atoms with Crippen LogP contribution in [0.3, 0.4) is 0 Å². The van der Waals surface area contributed by atoms with Gasteiger partial charge in [0.15, 0.2) is 0 Å². The van der Waals surface area contributed by atoms with E-state index in [1.54, 1.807) is 18.4 Å². The summed E-state index contributed by atoms with van der Waals surface area (Å²) in [6, 6.07) is 6.00. The van der Waals surface area contributed by atoms with Crippen molar-refractivity contribution in [2.75, 3.05) is 20.2 Å². The van der Waals surface area contributed by atoms with E-state index in [0.717, 1.165) is 30.9 Å². The van der Waals surface area contributed by atoms with Crippen molar-refractivity contribution >= 4 is 17.4 Å². The van der Waals surface area contributed by atoms with Gasteiger partial charge in [-0.25, -0.2) is 4.79 Å². The van der Waals surface area contributed by atoms with Crippen LogP contribution < -0.4 is 5.32 Å². The molecule has 1 N–H and O–H groups in total. The van der Waals surface area contributed by atoms with Gasteiger partial charge in [0.05, 0.1) is 6.04 Å². The summed E-state index contributed by atoms with van der Waals surface area (Å²) in [7, 11) is 1.65. The van der Waals surface area contributed by atoms with Gasteiger partial charge in [-0.3, -0.25) is 0 Å². The highest BCUT2D eigenvalue weighted by Gasteiger charge is 2.32. The molecule has 0 aliphatic carbocycles. The van der Waals surface area contributed by atoms with E-state index < -0.39 is 0 Å². The summed E-state index contributed by atoms with van der Waals surface area (Å²) < 4.78 is 10.9. The minimum absolute atomic E-state index is 0.00993. The third kappa shape index (κ3) is 3.82. The van der Waals surface area contributed by atoms with E-state index in [2.05, 4.69) is 29.1 Å². The van der Waals surface area contributed by atoms with Crippen molar-refractivity contribution in [3.8, 4) is 0 Å². The lowest BCUT2D eigenvalue weighted by molar-refractivity contribution is 0.156. The van der Waals surface area contributed by atoms with Gasteiger partial charge in [0.25, 0.3) is 0 Å². The number of hydrogen-bond donors (Lipinski definition) is 1. The lowest BCUT2D eigenvalue weighted by Crippen LogP contribution is -2.40. The Labute approximate surface area is 146 Å². The van der Waals surface area contributed by atoms with Crippen LogP contribution in [0.1, 0.15) is 48.8 Å². The smallest absolute Gasteiger partial charge is 0.318 e. The number of carbonyl (C=O) groups excluding carboxylic acids is 1. The summed E-state index contributed by atoms with van der Waals surface area (Å²) in [5.74, 6) is 1.96. The van der Waals surface area contributed by atoms with Crippen LogP contribution in [0.4, 0.5) is 4.79 Å². The number of likely N-dealkylation sites (tertiary alicyclic amines) is 1. The molecule has 6 heteroatoms. The molecule has 1 aliphatic rings. The zero-order chi connectivity index (χ0) is 16.9. The molecule has 130 valence electrons. The number of nitrogens with one attached hydrogen (secondary N) is 1. The quantitative estimate of drug-likeness (QED) is 0.854. The molecule has 0 unspecified atom stereocenters. The van der Waals surface area contributed by atoms with E-state index in [1.807, 2.05) is 17.0 Å². The van der Waals surface area contributed by atoms with Crippen LogP contribution in [0.25, 0.3) is 0 Å². The first-order valence-electron chi connectivity index (χ1n) is 8.33. The first-order chi connectivity index (χ1) is 11.7. The van der Waals surface area contributed by atoms with Crippen molar-refractivity contribution in [2.24, 2.45) is 0 Å². The Hall–Kier alpha value is -1.79. The topological polar surface area (TPSA) is 54.7 Å². The molecule has 0 spiro atoms. The monoisotopic (exact) mass is 348 g/mol. The van der Waals surface area contributed by atoms with Crippen LogP contribution >= 0.6 is 11.3 Å². The average molecular weight is 348 g/mol. The third-order valence-corrected chi connectivity index (χ3v) is 5.18. The molecule has 0 bridgehead atoms. The third-order valence-electron chi connectivity index (χ3n) is 4.48. The minimum atomic E-state index is -0.00993. The predicted molar refractivity (Wildman–Crippen MR) is 94.2 cm³/mol. The molecule has 2 atom stereocenters. The van der Waals surface area contributed by atoms with E-state index >= 15 is 0 Å². The number of carbonyl (C=O) groups is 1. The maximum absolute atomic E-state index is 12.6. The summed E-state index contributed by atoms with van der Waals surface area (Å²) in [6.07, 6.45) is 1.94. The minimum Gasteiger partial charge on any atom is -0.461 e. The van der Waals surface area contributed by atoms with Crippen molar-refractivity contribution in [3.63, 3.8) is 0 Å². The Morgan fingerprint density at radius 1 is 1.50 bits per heavy atom. The molecular weight excluding hydrogens is 324 g/mol. The highest BCUT2D eigenvalue weighted by atomic mass is 32.1. The summed E-state index contributed by atoms with van der Waals surface area (Å²) in [6.45, 7) is 4.00. The SMILES string of the molecule is COCc1ccc([C@@H]2CCCN2C(=O)NC[C@H](C)c2ccsc2)o1. The van der Waals surface area contributed by atoms with Crippen LogP contribution in [0.5, 0.6) is 0 Å². The van der Waals surface area contributed by atoms with Gasteiger partial charge in [-0.1, -0.05) is 6.92 Å². The number of urea groups is 1. The Bertz CT molecular complexity index is 653. The second kappa shape index (κ2) is 7.85. The fraction of sp³-hybridized carbons (Fsp3) is 0.500. The average Bonchev–Trinajstić information content (AvgIpc) is 3.32. The number of rotatable bonds is 6. The van der Waals surface area contributed by atoms with Crippen LogP contribution in [0, 0.1) is 0 Å². The van der Waals surface area contributed by atoms with Crippen molar-refractivity contribution in [1.29, 1.82) is 0 Å². The molecule has 3 heterocycles. The van der Waals surface area contributed by atoms with Gasteiger partial charge in [-0.05, 0) is 53.3 Å². The van der Waals surface area contributed by atoms with Gasteiger partial charge in [-0.2, -0.15) is 11.3 Å². The van der Waals surface area contributed by atoms with E-state index in [0.29, 0.717) is 19.1 Å². The van der Waals surface area contributed by atoms with Gasteiger partial charge in [-0.15, -0.1) is 0 Å².